The minimum atomic E-state index is -0.713. The number of benzene rings is 2. The standard InChI is InChI=1S/C25H27N5O3/c31-23(29-14-16-30(17-15-29)24-26-12-7-13-27-24)22(18-20-8-3-1-4-9-20)28-25(32)33-19-21-10-5-2-6-11-21/h1-13,22H,14-19H2,(H,28,32)/t22-/m1/s1. The number of aromatic nitrogens is 2. The largest absolute Gasteiger partial charge is 0.445 e. The third-order valence-electron chi connectivity index (χ3n) is 5.51. The molecule has 3 aromatic rings. The molecule has 0 aliphatic carbocycles. The Morgan fingerprint density at radius 3 is 2.09 bits per heavy atom. The summed E-state index contributed by atoms with van der Waals surface area (Å²) in [5.74, 6) is 0.539. The van der Waals surface area contributed by atoms with Crippen LogP contribution in [0.3, 0.4) is 0 Å². The number of ether oxygens (including phenoxy) is 1. The third-order valence-corrected chi connectivity index (χ3v) is 5.51. The smallest absolute Gasteiger partial charge is 0.408 e. The fourth-order valence-corrected chi connectivity index (χ4v) is 3.76. The van der Waals surface area contributed by atoms with E-state index < -0.39 is 12.1 Å². The molecule has 170 valence electrons. The van der Waals surface area contributed by atoms with Crippen molar-refractivity contribution in [3.8, 4) is 0 Å². The van der Waals surface area contributed by atoms with Gasteiger partial charge in [-0.05, 0) is 17.2 Å². The van der Waals surface area contributed by atoms with E-state index >= 15 is 0 Å². The van der Waals surface area contributed by atoms with Crippen LogP contribution in [0.1, 0.15) is 11.1 Å². The molecule has 0 radical (unpaired) electrons. The van der Waals surface area contributed by atoms with Gasteiger partial charge in [-0.2, -0.15) is 0 Å². The van der Waals surface area contributed by atoms with E-state index in [-0.39, 0.29) is 12.5 Å². The van der Waals surface area contributed by atoms with Crippen LogP contribution in [-0.4, -0.2) is 59.1 Å². The summed E-state index contributed by atoms with van der Waals surface area (Å²) in [5.41, 5.74) is 1.85. The number of piperazine rings is 1. The van der Waals surface area contributed by atoms with Crippen LogP contribution in [0.15, 0.2) is 79.1 Å². The lowest BCUT2D eigenvalue weighted by Gasteiger charge is -2.36. The highest BCUT2D eigenvalue weighted by Gasteiger charge is 2.30. The Balaban J connectivity index is 1.38. The lowest BCUT2D eigenvalue weighted by atomic mass is 10.0. The number of alkyl carbamates (subject to hydrolysis) is 1. The number of nitrogens with one attached hydrogen (secondary N) is 1. The van der Waals surface area contributed by atoms with Gasteiger partial charge in [-0.1, -0.05) is 60.7 Å². The zero-order valence-corrected chi connectivity index (χ0v) is 18.3. The molecule has 1 aromatic heterocycles. The summed E-state index contributed by atoms with van der Waals surface area (Å²) >= 11 is 0. The number of carbonyl (C=O) groups excluding carboxylic acids is 2. The molecule has 33 heavy (non-hydrogen) atoms. The van der Waals surface area contributed by atoms with E-state index in [4.69, 9.17) is 4.74 Å². The van der Waals surface area contributed by atoms with Gasteiger partial charge in [-0.25, -0.2) is 14.8 Å². The number of hydrogen-bond acceptors (Lipinski definition) is 6. The second kappa shape index (κ2) is 11.1. The van der Waals surface area contributed by atoms with E-state index in [2.05, 4.69) is 20.2 Å². The highest BCUT2D eigenvalue weighted by Crippen LogP contribution is 2.13. The van der Waals surface area contributed by atoms with Gasteiger partial charge in [0.2, 0.25) is 11.9 Å². The molecule has 1 saturated heterocycles. The molecule has 1 N–H and O–H groups in total. The van der Waals surface area contributed by atoms with Crippen LogP contribution < -0.4 is 10.2 Å². The van der Waals surface area contributed by atoms with Crippen molar-refractivity contribution in [1.29, 1.82) is 0 Å². The second-order valence-corrected chi connectivity index (χ2v) is 7.81. The predicted octanol–water partition coefficient (Wildman–Crippen LogP) is 2.66. The molecular formula is C25H27N5O3. The Labute approximate surface area is 193 Å². The van der Waals surface area contributed by atoms with Crippen molar-refractivity contribution in [3.05, 3.63) is 90.3 Å². The molecule has 1 aliphatic rings. The molecule has 0 saturated carbocycles. The highest BCUT2D eigenvalue weighted by atomic mass is 16.5. The van der Waals surface area contributed by atoms with Gasteiger partial charge >= 0.3 is 6.09 Å². The number of hydrogen-bond donors (Lipinski definition) is 1. The zero-order valence-electron chi connectivity index (χ0n) is 18.3. The molecule has 1 aliphatic heterocycles. The summed E-state index contributed by atoms with van der Waals surface area (Å²) in [4.78, 5) is 38.3. The first-order valence-corrected chi connectivity index (χ1v) is 11.0. The van der Waals surface area contributed by atoms with Gasteiger partial charge in [0.05, 0.1) is 0 Å². The summed E-state index contributed by atoms with van der Waals surface area (Å²) in [7, 11) is 0. The zero-order chi connectivity index (χ0) is 22.9. The minimum absolute atomic E-state index is 0.121. The molecule has 2 aromatic carbocycles. The van der Waals surface area contributed by atoms with E-state index in [0.717, 1.165) is 11.1 Å². The van der Waals surface area contributed by atoms with Crippen LogP contribution in [0, 0.1) is 0 Å². The third kappa shape index (κ3) is 6.29. The summed E-state index contributed by atoms with van der Waals surface area (Å²) in [6.45, 7) is 2.47. The van der Waals surface area contributed by atoms with E-state index in [1.54, 1.807) is 23.4 Å². The van der Waals surface area contributed by atoms with Crippen molar-refractivity contribution in [1.82, 2.24) is 20.2 Å². The quantitative estimate of drug-likeness (QED) is 0.602. The van der Waals surface area contributed by atoms with E-state index in [1.165, 1.54) is 0 Å². The second-order valence-electron chi connectivity index (χ2n) is 7.81. The van der Waals surface area contributed by atoms with Crippen molar-refractivity contribution >= 4 is 17.9 Å². The Morgan fingerprint density at radius 1 is 0.848 bits per heavy atom. The molecule has 2 amide bonds. The molecule has 1 atom stereocenters. The maximum absolute atomic E-state index is 13.4. The van der Waals surface area contributed by atoms with Gasteiger partial charge in [0, 0.05) is 45.0 Å². The summed E-state index contributed by atoms with van der Waals surface area (Å²) in [6, 6.07) is 20.2. The van der Waals surface area contributed by atoms with Crippen LogP contribution in [0.4, 0.5) is 10.7 Å². The van der Waals surface area contributed by atoms with Crippen LogP contribution in [0.5, 0.6) is 0 Å². The van der Waals surface area contributed by atoms with Gasteiger partial charge in [0.25, 0.3) is 0 Å². The van der Waals surface area contributed by atoms with Crippen molar-refractivity contribution in [2.45, 2.75) is 19.1 Å². The van der Waals surface area contributed by atoms with Crippen LogP contribution >= 0.6 is 0 Å². The lowest BCUT2D eigenvalue weighted by molar-refractivity contribution is -0.133. The number of rotatable bonds is 7. The Hall–Kier alpha value is -3.94. The predicted molar refractivity (Wildman–Crippen MR) is 125 cm³/mol. The average molecular weight is 446 g/mol. The van der Waals surface area contributed by atoms with Gasteiger partial charge in [-0.15, -0.1) is 0 Å². The molecule has 8 nitrogen and oxygen atoms in total. The number of amides is 2. The summed E-state index contributed by atoms with van der Waals surface area (Å²) in [5, 5.41) is 2.79. The van der Waals surface area contributed by atoms with Crippen molar-refractivity contribution in [2.24, 2.45) is 0 Å². The van der Waals surface area contributed by atoms with Gasteiger partial charge < -0.3 is 19.9 Å². The molecule has 8 heteroatoms. The van der Waals surface area contributed by atoms with Crippen LogP contribution in [0.25, 0.3) is 0 Å². The van der Waals surface area contributed by atoms with Crippen LogP contribution in [0.2, 0.25) is 0 Å². The highest BCUT2D eigenvalue weighted by molar-refractivity contribution is 5.86. The number of anilines is 1. The average Bonchev–Trinajstić information content (AvgIpc) is 2.88. The van der Waals surface area contributed by atoms with Crippen molar-refractivity contribution in [3.63, 3.8) is 0 Å². The van der Waals surface area contributed by atoms with Crippen LogP contribution in [-0.2, 0) is 22.6 Å². The molecule has 4 rings (SSSR count). The van der Waals surface area contributed by atoms with Gasteiger partial charge in [0.1, 0.15) is 12.6 Å². The summed E-state index contributed by atoms with van der Waals surface area (Å²) in [6.07, 6.45) is 3.20. The first-order valence-electron chi connectivity index (χ1n) is 11.0. The molecule has 0 bridgehead atoms. The number of carbonyl (C=O) groups is 2. The van der Waals surface area contributed by atoms with E-state index in [9.17, 15) is 9.59 Å². The fraction of sp³-hybridized carbons (Fsp3) is 0.280. The monoisotopic (exact) mass is 445 g/mol. The lowest BCUT2D eigenvalue weighted by Crippen LogP contribution is -2.56. The fourth-order valence-electron chi connectivity index (χ4n) is 3.76. The maximum atomic E-state index is 13.4. The maximum Gasteiger partial charge on any atom is 0.408 e. The van der Waals surface area contributed by atoms with Crippen molar-refractivity contribution in [2.75, 3.05) is 31.1 Å². The Kier molecular flexibility index (Phi) is 7.48. The molecule has 0 unspecified atom stereocenters. The Morgan fingerprint density at radius 2 is 1.45 bits per heavy atom. The van der Waals surface area contributed by atoms with E-state index in [0.29, 0.717) is 38.5 Å². The first kappa shape index (κ1) is 22.3. The molecular weight excluding hydrogens is 418 g/mol. The van der Waals surface area contributed by atoms with Gasteiger partial charge in [0.15, 0.2) is 0 Å². The SMILES string of the molecule is O=C(N[C@H](Cc1ccccc1)C(=O)N1CCN(c2ncccn2)CC1)OCc1ccccc1. The molecule has 2 heterocycles. The van der Waals surface area contributed by atoms with E-state index in [1.807, 2.05) is 60.7 Å². The minimum Gasteiger partial charge on any atom is -0.445 e. The summed E-state index contributed by atoms with van der Waals surface area (Å²) < 4.78 is 5.36. The topological polar surface area (TPSA) is 87.7 Å². The molecule has 0 spiro atoms. The number of nitrogens with zero attached hydrogens (tertiary/aromatic N) is 4. The molecule has 1 fully saturated rings. The van der Waals surface area contributed by atoms with Crippen molar-refractivity contribution < 1.29 is 14.3 Å². The normalized spacial score (nSPS) is 14.4. The van der Waals surface area contributed by atoms with Gasteiger partial charge in [-0.3, -0.25) is 4.79 Å². The Bertz CT molecular complexity index is 1030. The first-order chi connectivity index (χ1) is 16.2.